The van der Waals surface area contributed by atoms with E-state index < -0.39 is 0 Å². The maximum Gasteiger partial charge on any atom is 0.137 e. The van der Waals surface area contributed by atoms with Gasteiger partial charge in [-0.1, -0.05) is 24.3 Å². The van der Waals surface area contributed by atoms with E-state index in [-0.39, 0.29) is 5.82 Å². The Hall–Kier alpha value is -1.39. The van der Waals surface area contributed by atoms with Crippen LogP contribution in [-0.4, -0.2) is 6.54 Å². The maximum atomic E-state index is 13.5. The zero-order valence-electron chi connectivity index (χ0n) is 12.2. The summed E-state index contributed by atoms with van der Waals surface area (Å²) >= 11 is 3.25. The van der Waals surface area contributed by atoms with Crippen LogP contribution in [0.5, 0.6) is 5.75 Å². The predicted octanol–water partition coefficient (Wildman–Crippen LogP) is 4.29. The molecule has 2 aromatic rings. The average molecular weight is 352 g/mol. The summed E-state index contributed by atoms with van der Waals surface area (Å²) in [6, 6.07) is 9.14. The molecule has 0 aliphatic heterocycles. The van der Waals surface area contributed by atoms with Crippen molar-refractivity contribution >= 4 is 15.9 Å². The molecule has 2 rings (SSSR count). The lowest BCUT2D eigenvalue weighted by molar-refractivity contribution is 0.300. The van der Waals surface area contributed by atoms with Gasteiger partial charge in [0, 0.05) is 5.56 Å². The molecule has 0 fully saturated rings. The summed E-state index contributed by atoms with van der Waals surface area (Å²) in [5.74, 6) is 0.578. The third-order valence-electron chi connectivity index (χ3n) is 3.36. The van der Waals surface area contributed by atoms with Crippen LogP contribution in [0, 0.1) is 19.7 Å². The van der Waals surface area contributed by atoms with Crippen LogP contribution in [0.4, 0.5) is 4.39 Å². The molecule has 0 radical (unpaired) electrons. The van der Waals surface area contributed by atoms with E-state index in [9.17, 15) is 4.39 Å². The van der Waals surface area contributed by atoms with Gasteiger partial charge in [0.1, 0.15) is 18.2 Å². The molecule has 112 valence electrons. The van der Waals surface area contributed by atoms with Gasteiger partial charge < -0.3 is 10.5 Å². The molecule has 2 nitrogen and oxygen atoms in total. The molecule has 0 aromatic heterocycles. The zero-order chi connectivity index (χ0) is 15.4. The number of hydrogen-bond acceptors (Lipinski definition) is 2. The first-order chi connectivity index (χ1) is 10.0. The fraction of sp³-hybridized carbons (Fsp3) is 0.294. The highest BCUT2D eigenvalue weighted by Gasteiger charge is 2.09. The van der Waals surface area contributed by atoms with Crippen molar-refractivity contribution in [2.24, 2.45) is 5.73 Å². The van der Waals surface area contributed by atoms with Crippen molar-refractivity contribution in [3.05, 3.63) is 62.9 Å². The number of benzene rings is 2. The summed E-state index contributed by atoms with van der Waals surface area (Å²) in [6.45, 7) is 5.00. The van der Waals surface area contributed by atoms with Crippen molar-refractivity contribution in [2.45, 2.75) is 26.9 Å². The number of ether oxygens (including phenoxy) is 1. The average Bonchev–Trinajstić information content (AvgIpc) is 2.42. The van der Waals surface area contributed by atoms with Crippen LogP contribution >= 0.6 is 15.9 Å². The van der Waals surface area contributed by atoms with Crippen LogP contribution in [0.2, 0.25) is 0 Å². The molecule has 21 heavy (non-hydrogen) atoms. The molecule has 0 amide bonds. The molecule has 2 N–H and O–H groups in total. The van der Waals surface area contributed by atoms with Crippen LogP contribution < -0.4 is 10.5 Å². The van der Waals surface area contributed by atoms with Crippen LogP contribution in [0.3, 0.4) is 0 Å². The highest BCUT2D eigenvalue weighted by atomic mass is 79.9. The monoisotopic (exact) mass is 351 g/mol. The molecule has 0 aliphatic rings. The Morgan fingerprint density at radius 1 is 1.19 bits per heavy atom. The van der Waals surface area contributed by atoms with Crippen LogP contribution in [0.25, 0.3) is 0 Å². The Morgan fingerprint density at radius 3 is 2.48 bits per heavy atom. The molecule has 0 saturated carbocycles. The summed E-state index contributed by atoms with van der Waals surface area (Å²) in [7, 11) is 0. The molecular formula is C17H19BrFNO. The fourth-order valence-corrected chi connectivity index (χ4v) is 2.77. The Labute approximate surface area is 133 Å². The minimum atomic E-state index is -0.275. The van der Waals surface area contributed by atoms with Gasteiger partial charge in [-0.15, -0.1) is 0 Å². The molecule has 0 atom stereocenters. The molecule has 0 saturated heterocycles. The highest BCUT2D eigenvalue weighted by molar-refractivity contribution is 9.10. The number of rotatable bonds is 5. The standard InChI is InChI=1S/C17H19BrFNO/c1-11-8-13(6-7-20)9-12(2)17(11)21-10-14-4-3-5-15(19)16(14)18/h3-5,8-9H,6-7,10,20H2,1-2H3. The van der Waals surface area contributed by atoms with E-state index in [0.29, 0.717) is 17.6 Å². The van der Waals surface area contributed by atoms with Crippen LogP contribution in [0.1, 0.15) is 22.3 Å². The van der Waals surface area contributed by atoms with Gasteiger partial charge in [0.2, 0.25) is 0 Å². The van der Waals surface area contributed by atoms with Gasteiger partial charge in [-0.2, -0.15) is 0 Å². The second-order valence-electron chi connectivity index (χ2n) is 5.10. The predicted molar refractivity (Wildman–Crippen MR) is 87.1 cm³/mol. The van der Waals surface area contributed by atoms with Crippen molar-refractivity contribution in [1.82, 2.24) is 0 Å². The largest absolute Gasteiger partial charge is 0.488 e. The lowest BCUT2D eigenvalue weighted by atomic mass is 10.0. The summed E-state index contributed by atoms with van der Waals surface area (Å²) in [4.78, 5) is 0. The van der Waals surface area contributed by atoms with Crippen molar-refractivity contribution in [2.75, 3.05) is 6.54 Å². The molecule has 0 bridgehead atoms. The van der Waals surface area contributed by atoms with Gasteiger partial charge >= 0.3 is 0 Å². The van der Waals surface area contributed by atoms with E-state index in [1.54, 1.807) is 6.07 Å². The summed E-state index contributed by atoms with van der Waals surface area (Å²) in [5.41, 5.74) is 9.75. The minimum Gasteiger partial charge on any atom is -0.488 e. The first-order valence-electron chi connectivity index (χ1n) is 6.88. The van der Waals surface area contributed by atoms with Gasteiger partial charge in [-0.25, -0.2) is 4.39 Å². The van der Waals surface area contributed by atoms with E-state index in [0.717, 1.165) is 28.9 Å². The smallest absolute Gasteiger partial charge is 0.137 e. The first kappa shape index (κ1) is 16.0. The van der Waals surface area contributed by atoms with Gasteiger partial charge in [0.15, 0.2) is 0 Å². The van der Waals surface area contributed by atoms with Crippen LogP contribution in [0.15, 0.2) is 34.8 Å². The van der Waals surface area contributed by atoms with Gasteiger partial charge in [0.05, 0.1) is 4.47 Å². The van der Waals surface area contributed by atoms with Crippen molar-refractivity contribution in [1.29, 1.82) is 0 Å². The molecule has 2 aromatic carbocycles. The summed E-state index contributed by atoms with van der Waals surface area (Å²) < 4.78 is 19.8. The molecule has 0 unspecified atom stereocenters. The fourth-order valence-electron chi connectivity index (χ4n) is 2.39. The lowest BCUT2D eigenvalue weighted by Gasteiger charge is -2.15. The molecule has 0 aliphatic carbocycles. The second-order valence-corrected chi connectivity index (χ2v) is 5.89. The van der Waals surface area contributed by atoms with Gasteiger partial charge in [0.25, 0.3) is 0 Å². The summed E-state index contributed by atoms with van der Waals surface area (Å²) in [5, 5.41) is 0. The Kier molecular flexibility index (Phi) is 5.37. The Bertz CT molecular complexity index is 620. The maximum absolute atomic E-state index is 13.5. The van der Waals surface area contributed by atoms with E-state index in [1.165, 1.54) is 11.6 Å². The lowest BCUT2D eigenvalue weighted by Crippen LogP contribution is -2.05. The quantitative estimate of drug-likeness (QED) is 0.872. The van der Waals surface area contributed by atoms with E-state index in [2.05, 4.69) is 28.1 Å². The number of halogens is 2. The molecule has 0 heterocycles. The third-order valence-corrected chi connectivity index (χ3v) is 4.24. The molecule has 4 heteroatoms. The summed E-state index contributed by atoms with van der Waals surface area (Å²) in [6.07, 6.45) is 0.859. The van der Waals surface area contributed by atoms with Crippen molar-refractivity contribution in [3.63, 3.8) is 0 Å². The third kappa shape index (κ3) is 3.83. The number of nitrogens with two attached hydrogens (primary N) is 1. The van der Waals surface area contributed by atoms with Gasteiger partial charge in [-0.05, 0) is 65.5 Å². The minimum absolute atomic E-state index is 0.275. The van der Waals surface area contributed by atoms with Crippen molar-refractivity contribution < 1.29 is 9.13 Å². The first-order valence-corrected chi connectivity index (χ1v) is 7.68. The van der Waals surface area contributed by atoms with Gasteiger partial charge in [-0.3, -0.25) is 0 Å². The van der Waals surface area contributed by atoms with E-state index in [1.807, 2.05) is 19.9 Å². The second kappa shape index (κ2) is 7.05. The topological polar surface area (TPSA) is 35.2 Å². The normalized spacial score (nSPS) is 10.7. The van der Waals surface area contributed by atoms with Crippen LogP contribution in [-0.2, 0) is 13.0 Å². The zero-order valence-corrected chi connectivity index (χ0v) is 13.8. The van der Waals surface area contributed by atoms with Crippen molar-refractivity contribution in [3.8, 4) is 5.75 Å². The number of hydrogen-bond donors (Lipinski definition) is 1. The molecule has 0 spiro atoms. The van der Waals surface area contributed by atoms with E-state index >= 15 is 0 Å². The molecular weight excluding hydrogens is 333 g/mol. The van der Waals surface area contributed by atoms with E-state index in [4.69, 9.17) is 10.5 Å². The Balaban J connectivity index is 2.18. The number of aryl methyl sites for hydroxylation is 2. The Morgan fingerprint density at radius 2 is 1.86 bits per heavy atom. The SMILES string of the molecule is Cc1cc(CCN)cc(C)c1OCc1cccc(F)c1Br. The highest BCUT2D eigenvalue weighted by Crippen LogP contribution is 2.27.